The molecule has 0 spiro atoms. The summed E-state index contributed by atoms with van der Waals surface area (Å²) >= 11 is 0. The second-order valence-corrected chi connectivity index (χ2v) is 7.87. The minimum absolute atomic E-state index is 0.794. The third kappa shape index (κ3) is 2.64. The fourth-order valence-electron chi connectivity index (χ4n) is 4.81. The Labute approximate surface area is 171 Å². The van der Waals surface area contributed by atoms with Crippen LogP contribution in [-0.4, -0.2) is 6.67 Å². The Balaban J connectivity index is 1.51. The van der Waals surface area contributed by atoms with E-state index < -0.39 is 0 Å². The van der Waals surface area contributed by atoms with Crippen LogP contribution in [0.1, 0.15) is 22.3 Å². The molecule has 0 saturated carbocycles. The Bertz CT molecular complexity index is 1020. The lowest BCUT2D eigenvalue weighted by atomic mass is 9.94. The van der Waals surface area contributed by atoms with Crippen LogP contribution >= 0.6 is 0 Å². The van der Waals surface area contributed by atoms with E-state index in [1.54, 1.807) is 0 Å². The van der Waals surface area contributed by atoms with Gasteiger partial charge in [-0.1, -0.05) is 72.8 Å². The summed E-state index contributed by atoms with van der Waals surface area (Å²) in [5.41, 5.74) is 10.8. The zero-order valence-electron chi connectivity index (χ0n) is 16.3. The highest BCUT2D eigenvalue weighted by molar-refractivity contribution is 5.79. The number of hydrogen-bond acceptors (Lipinski definition) is 2. The molecule has 2 heterocycles. The fourth-order valence-corrected chi connectivity index (χ4v) is 4.81. The second-order valence-electron chi connectivity index (χ2n) is 7.87. The standard InChI is InChI=1S/C27H22N2/c1-5-13-24-20(9-1)17-21-10-2-6-14-25(21)28(24)19-29-26-15-7-3-11-22(26)18-23-12-4-8-16-27(23)29/h1-16H,17-19H2. The molecule has 6 rings (SSSR count). The predicted octanol–water partition coefficient (Wildman–Crippen LogP) is 6.43. The van der Waals surface area contributed by atoms with Crippen LogP contribution in [0.2, 0.25) is 0 Å². The van der Waals surface area contributed by atoms with Crippen molar-refractivity contribution in [2.45, 2.75) is 12.8 Å². The number of nitrogens with zero attached hydrogens (tertiary/aromatic N) is 2. The van der Waals surface area contributed by atoms with Crippen molar-refractivity contribution in [2.75, 3.05) is 16.5 Å². The van der Waals surface area contributed by atoms with Gasteiger partial charge in [-0.15, -0.1) is 0 Å². The first-order valence-electron chi connectivity index (χ1n) is 10.3. The minimum Gasteiger partial charge on any atom is -0.322 e. The maximum atomic E-state index is 2.48. The molecule has 4 aromatic carbocycles. The fraction of sp³-hybridized carbons (Fsp3) is 0.111. The Kier molecular flexibility index (Phi) is 3.70. The zero-order chi connectivity index (χ0) is 19.2. The molecule has 2 aliphatic rings. The molecule has 0 fully saturated rings. The molecule has 4 aromatic rings. The topological polar surface area (TPSA) is 6.48 Å². The molecule has 0 bridgehead atoms. The monoisotopic (exact) mass is 374 g/mol. The molecule has 29 heavy (non-hydrogen) atoms. The molecule has 0 amide bonds. The van der Waals surface area contributed by atoms with Gasteiger partial charge >= 0.3 is 0 Å². The van der Waals surface area contributed by atoms with Gasteiger partial charge in [0.1, 0.15) is 0 Å². The lowest BCUT2D eigenvalue weighted by molar-refractivity contribution is 0.872. The zero-order valence-corrected chi connectivity index (χ0v) is 16.3. The van der Waals surface area contributed by atoms with Gasteiger partial charge < -0.3 is 9.80 Å². The number of para-hydroxylation sites is 4. The number of fused-ring (bicyclic) bond motifs is 4. The largest absolute Gasteiger partial charge is 0.322 e. The highest BCUT2D eigenvalue weighted by Gasteiger charge is 2.28. The lowest BCUT2D eigenvalue weighted by Gasteiger charge is -2.40. The summed E-state index contributed by atoms with van der Waals surface area (Å²) in [4.78, 5) is 4.96. The molecule has 0 N–H and O–H groups in total. The van der Waals surface area contributed by atoms with Gasteiger partial charge in [-0.05, 0) is 46.5 Å². The minimum atomic E-state index is 0.794. The van der Waals surface area contributed by atoms with E-state index >= 15 is 0 Å². The van der Waals surface area contributed by atoms with E-state index in [0.717, 1.165) is 19.5 Å². The van der Waals surface area contributed by atoms with Crippen LogP contribution in [0, 0.1) is 0 Å². The molecule has 0 radical (unpaired) electrons. The molecule has 0 aromatic heterocycles. The first kappa shape index (κ1) is 16.4. The second kappa shape index (κ2) is 6.52. The Morgan fingerprint density at radius 2 is 0.690 bits per heavy atom. The first-order chi connectivity index (χ1) is 14.4. The summed E-state index contributed by atoms with van der Waals surface area (Å²) < 4.78 is 0. The first-order valence-corrected chi connectivity index (χ1v) is 10.3. The van der Waals surface area contributed by atoms with E-state index in [4.69, 9.17) is 0 Å². The van der Waals surface area contributed by atoms with E-state index in [2.05, 4.69) is 107 Å². The van der Waals surface area contributed by atoms with Crippen molar-refractivity contribution >= 4 is 22.7 Å². The quantitative estimate of drug-likeness (QED) is 0.399. The number of benzene rings is 4. The number of hydrogen-bond donors (Lipinski definition) is 0. The van der Waals surface area contributed by atoms with E-state index in [9.17, 15) is 0 Å². The summed E-state index contributed by atoms with van der Waals surface area (Å²) in [6.45, 7) is 0.794. The Hall–Kier alpha value is -3.52. The van der Waals surface area contributed by atoms with Gasteiger partial charge in [-0.3, -0.25) is 0 Å². The van der Waals surface area contributed by atoms with E-state index in [0.29, 0.717) is 0 Å². The maximum absolute atomic E-state index is 2.48. The van der Waals surface area contributed by atoms with Gasteiger partial charge in [0, 0.05) is 35.6 Å². The van der Waals surface area contributed by atoms with Gasteiger partial charge in [0.15, 0.2) is 0 Å². The Morgan fingerprint density at radius 3 is 1.00 bits per heavy atom. The van der Waals surface area contributed by atoms with Gasteiger partial charge in [0.2, 0.25) is 0 Å². The molecule has 0 saturated heterocycles. The van der Waals surface area contributed by atoms with Crippen molar-refractivity contribution in [1.82, 2.24) is 0 Å². The molecule has 2 nitrogen and oxygen atoms in total. The van der Waals surface area contributed by atoms with Crippen LogP contribution < -0.4 is 9.80 Å². The average molecular weight is 374 g/mol. The van der Waals surface area contributed by atoms with E-state index in [-0.39, 0.29) is 0 Å². The van der Waals surface area contributed by atoms with Crippen LogP contribution in [0.3, 0.4) is 0 Å². The molecular formula is C27H22N2. The van der Waals surface area contributed by atoms with Crippen molar-refractivity contribution in [3.63, 3.8) is 0 Å². The van der Waals surface area contributed by atoms with Crippen molar-refractivity contribution in [1.29, 1.82) is 0 Å². The molecule has 2 heteroatoms. The van der Waals surface area contributed by atoms with Gasteiger partial charge in [-0.2, -0.15) is 0 Å². The van der Waals surface area contributed by atoms with Crippen LogP contribution in [0.5, 0.6) is 0 Å². The maximum Gasteiger partial charge on any atom is 0.1000 e. The summed E-state index contributed by atoms with van der Waals surface area (Å²) in [7, 11) is 0. The van der Waals surface area contributed by atoms with Crippen LogP contribution in [0.4, 0.5) is 22.7 Å². The smallest absolute Gasteiger partial charge is 0.1000 e. The van der Waals surface area contributed by atoms with Crippen molar-refractivity contribution < 1.29 is 0 Å². The average Bonchev–Trinajstić information content (AvgIpc) is 2.78. The van der Waals surface area contributed by atoms with Crippen LogP contribution in [0.15, 0.2) is 97.1 Å². The van der Waals surface area contributed by atoms with Crippen LogP contribution in [-0.2, 0) is 12.8 Å². The summed E-state index contributed by atoms with van der Waals surface area (Å²) in [6, 6.07) is 35.3. The molecule has 0 atom stereocenters. The summed E-state index contributed by atoms with van der Waals surface area (Å²) in [5, 5.41) is 0. The predicted molar refractivity (Wildman–Crippen MR) is 121 cm³/mol. The van der Waals surface area contributed by atoms with E-state index in [1.165, 1.54) is 45.0 Å². The summed E-state index contributed by atoms with van der Waals surface area (Å²) in [5.74, 6) is 0. The van der Waals surface area contributed by atoms with Crippen LogP contribution in [0.25, 0.3) is 0 Å². The molecule has 140 valence electrons. The third-order valence-electron chi connectivity index (χ3n) is 6.17. The van der Waals surface area contributed by atoms with Crippen molar-refractivity contribution in [3.05, 3.63) is 119 Å². The number of anilines is 4. The number of rotatable bonds is 2. The Morgan fingerprint density at radius 1 is 0.414 bits per heavy atom. The van der Waals surface area contributed by atoms with E-state index in [1.807, 2.05) is 0 Å². The SMILES string of the molecule is c1ccc2c(c1)Cc1ccccc1N2CN1c2ccccc2Cc2ccccc21. The molecule has 0 aliphatic carbocycles. The normalized spacial score (nSPS) is 13.9. The van der Waals surface area contributed by atoms with Gasteiger partial charge in [0.25, 0.3) is 0 Å². The van der Waals surface area contributed by atoms with Gasteiger partial charge in [-0.25, -0.2) is 0 Å². The highest BCUT2D eigenvalue weighted by atomic mass is 15.3. The molecule has 2 aliphatic heterocycles. The highest BCUT2D eigenvalue weighted by Crippen LogP contribution is 2.43. The molecular weight excluding hydrogens is 352 g/mol. The van der Waals surface area contributed by atoms with Crippen molar-refractivity contribution in [3.8, 4) is 0 Å². The molecule has 0 unspecified atom stereocenters. The summed E-state index contributed by atoms with van der Waals surface area (Å²) in [6.07, 6.45) is 1.99. The van der Waals surface area contributed by atoms with Crippen molar-refractivity contribution in [2.24, 2.45) is 0 Å². The third-order valence-corrected chi connectivity index (χ3v) is 6.17. The van der Waals surface area contributed by atoms with Gasteiger partial charge in [0.05, 0.1) is 6.67 Å². The lowest BCUT2D eigenvalue weighted by Crippen LogP contribution is -2.36.